The van der Waals surface area contributed by atoms with Gasteiger partial charge in [0, 0.05) is 11.8 Å². The lowest BCUT2D eigenvalue weighted by molar-refractivity contribution is -0.145. The van der Waals surface area contributed by atoms with Crippen molar-refractivity contribution in [3.8, 4) is 0 Å². The minimum atomic E-state index is -4.56. The van der Waals surface area contributed by atoms with Gasteiger partial charge in [0.05, 0.1) is 0 Å². The van der Waals surface area contributed by atoms with Crippen LogP contribution in [0.5, 0.6) is 0 Å². The number of nitrogens with zero attached hydrogens (tertiary/aromatic N) is 2. The van der Waals surface area contributed by atoms with E-state index >= 15 is 0 Å². The number of hydrogen-bond acceptors (Lipinski definition) is 3. The van der Waals surface area contributed by atoms with E-state index in [1.165, 1.54) is 17.8 Å². The number of hydrogen-bond donors (Lipinski definition) is 0. The third-order valence-corrected chi connectivity index (χ3v) is 3.02. The Balaban J connectivity index is 2.90. The molecule has 0 bridgehead atoms. The van der Waals surface area contributed by atoms with Crippen LogP contribution >= 0.6 is 23.4 Å². The molecule has 0 atom stereocenters. The summed E-state index contributed by atoms with van der Waals surface area (Å²) < 4.78 is 37.1. The van der Waals surface area contributed by atoms with Crippen molar-refractivity contribution in [3.63, 3.8) is 0 Å². The normalized spacial score (nSPS) is 12.2. The molecule has 2 nitrogen and oxygen atoms in total. The first-order valence-electron chi connectivity index (χ1n) is 4.53. The van der Waals surface area contributed by atoms with E-state index in [4.69, 9.17) is 11.6 Å². The third kappa shape index (κ3) is 4.17. The Morgan fingerprint density at radius 3 is 2.50 bits per heavy atom. The Morgan fingerprint density at radius 2 is 2.00 bits per heavy atom. The molecule has 1 aromatic heterocycles. The van der Waals surface area contributed by atoms with Gasteiger partial charge in [0.1, 0.15) is 10.2 Å². The Kier molecular flexibility index (Phi) is 4.43. The van der Waals surface area contributed by atoms with Gasteiger partial charge >= 0.3 is 6.18 Å². The molecular weight excluding hydrogens is 261 g/mol. The molecule has 1 aromatic rings. The smallest absolute Gasteiger partial charge is 0.218 e. The molecule has 0 radical (unpaired) electrons. The number of aromatic nitrogens is 2. The van der Waals surface area contributed by atoms with E-state index in [9.17, 15) is 13.2 Å². The second kappa shape index (κ2) is 5.23. The zero-order chi connectivity index (χ0) is 12.3. The van der Waals surface area contributed by atoms with Crippen molar-refractivity contribution in [1.29, 1.82) is 0 Å². The second-order valence-corrected chi connectivity index (χ2v) is 4.98. The minimum absolute atomic E-state index is 0.186. The van der Waals surface area contributed by atoms with E-state index in [0.717, 1.165) is 0 Å². The molecule has 0 aliphatic heterocycles. The lowest BCUT2D eigenvalue weighted by atomic mass is 10.3. The first-order chi connectivity index (χ1) is 7.29. The third-order valence-electron chi connectivity index (χ3n) is 1.49. The first kappa shape index (κ1) is 13.6. The van der Waals surface area contributed by atoms with Crippen molar-refractivity contribution in [2.24, 2.45) is 5.92 Å². The Hall–Kier alpha value is -0.490. The molecule has 7 heteroatoms. The monoisotopic (exact) mass is 270 g/mol. The second-order valence-electron chi connectivity index (χ2n) is 3.56. The quantitative estimate of drug-likeness (QED) is 0.615. The highest BCUT2D eigenvalue weighted by Gasteiger charge is 2.35. The molecule has 0 aliphatic carbocycles. The predicted octanol–water partition coefficient (Wildman–Crippen LogP) is 3.90. The van der Waals surface area contributed by atoms with Gasteiger partial charge in [0.15, 0.2) is 0 Å². The molecule has 1 heterocycles. The van der Waals surface area contributed by atoms with Gasteiger partial charge in [-0.15, -0.1) is 11.8 Å². The molecule has 1 rings (SSSR count). The fourth-order valence-electron chi connectivity index (χ4n) is 0.850. The number of rotatable bonds is 3. The van der Waals surface area contributed by atoms with E-state index < -0.39 is 12.0 Å². The summed E-state index contributed by atoms with van der Waals surface area (Å²) in [5.41, 5.74) is 0. The van der Waals surface area contributed by atoms with Crippen molar-refractivity contribution in [2.75, 3.05) is 5.75 Å². The van der Waals surface area contributed by atoms with E-state index in [-0.39, 0.29) is 10.2 Å². The molecule has 0 unspecified atom stereocenters. The van der Waals surface area contributed by atoms with Crippen molar-refractivity contribution in [2.45, 2.75) is 25.0 Å². The van der Waals surface area contributed by atoms with Gasteiger partial charge in [-0.25, -0.2) is 9.97 Å². The average Bonchev–Trinajstić information content (AvgIpc) is 2.12. The zero-order valence-electron chi connectivity index (χ0n) is 8.68. The summed E-state index contributed by atoms with van der Waals surface area (Å²) in [5.74, 6) is -0.135. The van der Waals surface area contributed by atoms with Gasteiger partial charge in [0.2, 0.25) is 5.82 Å². The van der Waals surface area contributed by atoms with E-state index in [2.05, 4.69) is 9.97 Å². The highest BCUT2D eigenvalue weighted by molar-refractivity contribution is 7.99. The fraction of sp³-hybridized carbons (Fsp3) is 0.556. The van der Waals surface area contributed by atoms with Crippen LogP contribution in [0.15, 0.2) is 11.1 Å². The van der Waals surface area contributed by atoms with Crippen LogP contribution in [0.2, 0.25) is 5.15 Å². The van der Waals surface area contributed by atoms with Crippen LogP contribution in [-0.2, 0) is 6.18 Å². The summed E-state index contributed by atoms with van der Waals surface area (Å²) in [6.07, 6.45) is -4.56. The maximum atomic E-state index is 12.4. The maximum Gasteiger partial charge on any atom is 0.451 e. The van der Waals surface area contributed by atoms with E-state index in [1.54, 1.807) is 0 Å². The SMILES string of the molecule is CC(C)CSc1cc(Cl)nc(C(F)(F)F)n1. The van der Waals surface area contributed by atoms with Gasteiger partial charge in [0.25, 0.3) is 0 Å². The minimum Gasteiger partial charge on any atom is -0.218 e. The lowest BCUT2D eigenvalue weighted by Gasteiger charge is -2.08. The number of thioether (sulfide) groups is 1. The standard InChI is InChI=1S/C9H10ClF3N2S/c1-5(2)4-16-7-3-6(10)14-8(15-7)9(11,12)13/h3,5H,4H2,1-2H3. The summed E-state index contributed by atoms with van der Waals surface area (Å²) in [6.45, 7) is 3.95. The molecule has 90 valence electrons. The molecule has 0 aliphatic rings. The van der Waals surface area contributed by atoms with Crippen LogP contribution in [0, 0.1) is 5.92 Å². The van der Waals surface area contributed by atoms with Crippen LogP contribution in [0.4, 0.5) is 13.2 Å². The maximum absolute atomic E-state index is 12.4. The van der Waals surface area contributed by atoms with Gasteiger partial charge in [-0.05, 0) is 5.92 Å². The Labute approximate surface area is 101 Å². The molecular formula is C9H10ClF3N2S. The Bertz CT molecular complexity index is 368. The van der Waals surface area contributed by atoms with Crippen LogP contribution in [0.3, 0.4) is 0 Å². The molecule has 0 aromatic carbocycles. The first-order valence-corrected chi connectivity index (χ1v) is 5.90. The largest absolute Gasteiger partial charge is 0.451 e. The molecule has 0 fully saturated rings. The molecule has 0 N–H and O–H groups in total. The van der Waals surface area contributed by atoms with Gasteiger partial charge < -0.3 is 0 Å². The average molecular weight is 271 g/mol. The van der Waals surface area contributed by atoms with Crippen molar-refractivity contribution < 1.29 is 13.2 Å². The summed E-state index contributed by atoms with van der Waals surface area (Å²) >= 11 is 6.74. The summed E-state index contributed by atoms with van der Waals surface area (Å²) in [5, 5.41) is 0.0645. The summed E-state index contributed by atoms with van der Waals surface area (Å²) in [7, 11) is 0. The van der Waals surface area contributed by atoms with E-state index in [1.807, 2.05) is 13.8 Å². The van der Waals surface area contributed by atoms with Crippen molar-refractivity contribution in [3.05, 3.63) is 17.0 Å². The number of halogens is 4. The van der Waals surface area contributed by atoms with Gasteiger partial charge in [-0.3, -0.25) is 0 Å². The Morgan fingerprint density at radius 1 is 1.38 bits per heavy atom. The molecule has 0 saturated heterocycles. The van der Waals surface area contributed by atoms with Crippen molar-refractivity contribution >= 4 is 23.4 Å². The topological polar surface area (TPSA) is 25.8 Å². The highest BCUT2D eigenvalue weighted by Crippen LogP contribution is 2.29. The van der Waals surface area contributed by atoms with Crippen LogP contribution in [0.25, 0.3) is 0 Å². The predicted molar refractivity (Wildman–Crippen MR) is 57.6 cm³/mol. The lowest BCUT2D eigenvalue weighted by Crippen LogP contribution is -2.11. The molecule has 0 amide bonds. The van der Waals surface area contributed by atoms with Crippen LogP contribution < -0.4 is 0 Å². The molecule has 16 heavy (non-hydrogen) atoms. The van der Waals surface area contributed by atoms with Crippen molar-refractivity contribution in [1.82, 2.24) is 9.97 Å². The van der Waals surface area contributed by atoms with Gasteiger partial charge in [-0.1, -0.05) is 25.4 Å². The summed E-state index contributed by atoms with van der Waals surface area (Å²) in [6, 6.07) is 1.34. The fourth-order valence-corrected chi connectivity index (χ4v) is 1.95. The van der Waals surface area contributed by atoms with Crippen LogP contribution in [0.1, 0.15) is 19.7 Å². The molecule has 0 spiro atoms. The molecule has 0 saturated carbocycles. The van der Waals surface area contributed by atoms with Crippen LogP contribution in [-0.4, -0.2) is 15.7 Å². The number of alkyl halides is 3. The highest BCUT2D eigenvalue weighted by atomic mass is 35.5. The van der Waals surface area contributed by atoms with Gasteiger partial charge in [-0.2, -0.15) is 13.2 Å². The zero-order valence-corrected chi connectivity index (χ0v) is 10.2. The summed E-state index contributed by atoms with van der Waals surface area (Å²) in [4.78, 5) is 6.57. The van der Waals surface area contributed by atoms with E-state index in [0.29, 0.717) is 11.7 Å².